The summed E-state index contributed by atoms with van der Waals surface area (Å²) in [4.78, 5) is 0. The van der Waals surface area contributed by atoms with Crippen LogP contribution < -0.4 is 5.73 Å². The normalized spacial score (nSPS) is 11.7. The van der Waals surface area contributed by atoms with E-state index in [9.17, 15) is 0 Å². The molecule has 2 heteroatoms. The van der Waals surface area contributed by atoms with Crippen LogP contribution in [0.2, 0.25) is 0 Å². The van der Waals surface area contributed by atoms with Gasteiger partial charge in [0.1, 0.15) is 0 Å². The van der Waals surface area contributed by atoms with Crippen molar-refractivity contribution in [3.05, 3.63) is 47.0 Å². The monoisotopic (exact) mass is 225 g/mol. The molecule has 0 saturated heterocycles. The SMILES string of the molecule is C=C(C)C[C@H](N)c1cc(C)cc(C)c1.Cl. The maximum Gasteiger partial charge on any atom is 0.0332 e. The summed E-state index contributed by atoms with van der Waals surface area (Å²) in [6.07, 6.45) is 0.864. The van der Waals surface area contributed by atoms with E-state index < -0.39 is 0 Å². The van der Waals surface area contributed by atoms with E-state index in [1.165, 1.54) is 16.7 Å². The Morgan fingerprint density at radius 2 is 1.73 bits per heavy atom. The highest BCUT2D eigenvalue weighted by molar-refractivity contribution is 5.85. The second kappa shape index (κ2) is 5.94. The summed E-state index contributed by atoms with van der Waals surface area (Å²) in [5.41, 5.74) is 11.0. The average Bonchev–Trinajstić information content (AvgIpc) is 2.00. The highest BCUT2D eigenvalue weighted by atomic mass is 35.5. The molecule has 0 aliphatic heterocycles. The zero-order valence-corrected chi connectivity index (χ0v) is 10.5. The minimum atomic E-state index is 0. The fourth-order valence-electron chi connectivity index (χ4n) is 1.72. The number of nitrogens with two attached hydrogens (primary N) is 1. The van der Waals surface area contributed by atoms with Crippen molar-refractivity contribution in [3.63, 3.8) is 0 Å². The van der Waals surface area contributed by atoms with E-state index in [1.54, 1.807) is 0 Å². The first kappa shape index (κ1) is 14.2. The number of aryl methyl sites for hydroxylation is 2. The van der Waals surface area contributed by atoms with Gasteiger partial charge in [0.05, 0.1) is 0 Å². The van der Waals surface area contributed by atoms with Crippen LogP contribution in [0.25, 0.3) is 0 Å². The van der Waals surface area contributed by atoms with Gasteiger partial charge >= 0.3 is 0 Å². The Kier molecular flexibility index (Phi) is 5.63. The first-order valence-corrected chi connectivity index (χ1v) is 4.97. The fraction of sp³-hybridized carbons (Fsp3) is 0.385. The Morgan fingerprint density at radius 1 is 1.27 bits per heavy atom. The molecule has 0 heterocycles. The molecule has 2 N–H and O–H groups in total. The van der Waals surface area contributed by atoms with Gasteiger partial charge in [-0.25, -0.2) is 0 Å². The van der Waals surface area contributed by atoms with Gasteiger partial charge in [-0.05, 0) is 32.8 Å². The quantitative estimate of drug-likeness (QED) is 0.781. The third kappa shape index (κ3) is 4.50. The predicted octanol–water partition coefficient (Wildman–Crippen LogP) is 3.69. The topological polar surface area (TPSA) is 26.0 Å². The van der Waals surface area contributed by atoms with Gasteiger partial charge in [0.2, 0.25) is 0 Å². The summed E-state index contributed by atoms with van der Waals surface area (Å²) in [5.74, 6) is 0. The molecule has 0 amide bonds. The third-order valence-corrected chi connectivity index (χ3v) is 2.24. The van der Waals surface area contributed by atoms with Crippen molar-refractivity contribution in [3.8, 4) is 0 Å². The molecule has 15 heavy (non-hydrogen) atoms. The van der Waals surface area contributed by atoms with Crippen LogP contribution in [-0.2, 0) is 0 Å². The molecule has 1 rings (SSSR count). The standard InChI is InChI=1S/C13H19N.ClH/c1-9(2)5-13(14)12-7-10(3)6-11(4)8-12;/h6-8,13H,1,5,14H2,2-4H3;1H/t13-;/m0./s1. The van der Waals surface area contributed by atoms with Crippen LogP contribution in [0.15, 0.2) is 30.4 Å². The molecule has 0 bridgehead atoms. The van der Waals surface area contributed by atoms with Crippen molar-refractivity contribution in [1.29, 1.82) is 0 Å². The number of hydrogen-bond donors (Lipinski definition) is 1. The minimum Gasteiger partial charge on any atom is -0.324 e. The van der Waals surface area contributed by atoms with E-state index in [0.717, 1.165) is 12.0 Å². The molecule has 0 aromatic heterocycles. The van der Waals surface area contributed by atoms with Gasteiger partial charge in [-0.3, -0.25) is 0 Å². The van der Waals surface area contributed by atoms with Crippen molar-refractivity contribution in [1.82, 2.24) is 0 Å². The maximum absolute atomic E-state index is 6.07. The van der Waals surface area contributed by atoms with Gasteiger partial charge in [-0.15, -0.1) is 19.0 Å². The smallest absolute Gasteiger partial charge is 0.0332 e. The lowest BCUT2D eigenvalue weighted by molar-refractivity contribution is 0.715. The zero-order chi connectivity index (χ0) is 10.7. The Balaban J connectivity index is 0.00000196. The summed E-state index contributed by atoms with van der Waals surface area (Å²) in [6, 6.07) is 6.56. The van der Waals surface area contributed by atoms with Crippen molar-refractivity contribution in [2.45, 2.75) is 33.2 Å². The highest BCUT2D eigenvalue weighted by Crippen LogP contribution is 2.20. The van der Waals surface area contributed by atoms with Crippen LogP contribution in [0, 0.1) is 13.8 Å². The van der Waals surface area contributed by atoms with Gasteiger partial charge in [0.15, 0.2) is 0 Å². The Bertz CT molecular complexity index is 324. The molecule has 1 aromatic carbocycles. The van der Waals surface area contributed by atoms with Crippen LogP contribution in [0.4, 0.5) is 0 Å². The second-order valence-corrected chi connectivity index (χ2v) is 4.19. The summed E-state index contributed by atoms with van der Waals surface area (Å²) in [7, 11) is 0. The molecular formula is C13H20ClN. The van der Waals surface area contributed by atoms with E-state index in [1.807, 2.05) is 6.92 Å². The summed E-state index contributed by atoms with van der Waals surface area (Å²) < 4.78 is 0. The molecule has 0 aliphatic rings. The first-order chi connectivity index (χ1) is 6.49. The summed E-state index contributed by atoms with van der Waals surface area (Å²) >= 11 is 0. The molecule has 0 spiro atoms. The molecule has 0 unspecified atom stereocenters. The van der Waals surface area contributed by atoms with Gasteiger partial charge in [0, 0.05) is 6.04 Å². The zero-order valence-electron chi connectivity index (χ0n) is 9.71. The van der Waals surface area contributed by atoms with E-state index in [2.05, 4.69) is 38.6 Å². The van der Waals surface area contributed by atoms with Gasteiger partial charge in [-0.2, -0.15) is 0 Å². The molecule has 0 radical (unpaired) electrons. The second-order valence-electron chi connectivity index (χ2n) is 4.19. The van der Waals surface area contributed by atoms with E-state index in [-0.39, 0.29) is 18.4 Å². The highest BCUT2D eigenvalue weighted by Gasteiger charge is 2.06. The van der Waals surface area contributed by atoms with Crippen molar-refractivity contribution in [2.24, 2.45) is 5.73 Å². The van der Waals surface area contributed by atoms with Crippen LogP contribution in [0.1, 0.15) is 36.1 Å². The van der Waals surface area contributed by atoms with Crippen molar-refractivity contribution < 1.29 is 0 Å². The molecule has 0 saturated carbocycles. The minimum absolute atomic E-state index is 0. The number of hydrogen-bond acceptors (Lipinski definition) is 1. The van der Waals surface area contributed by atoms with Crippen LogP contribution in [0.5, 0.6) is 0 Å². The van der Waals surface area contributed by atoms with Crippen molar-refractivity contribution >= 4 is 12.4 Å². The lowest BCUT2D eigenvalue weighted by Gasteiger charge is -2.13. The molecule has 84 valence electrons. The summed E-state index contributed by atoms with van der Waals surface area (Å²) in [5, 5.41) is 0. The summed E-state index contributed by atoms with van der Waals surface area (Å²) in [6.45, 7) is 10.1. The average molecular weight is 226 g/mol. The molecular weight excluding hydrogens is 206 g/mol. The molecule has 1 aromatic rings. The van der Waals surface area contributed by atoms with Gasteiger partial charge in [-0.1, -0.05) is 34.9 Å². The molecule has 1 atom stereocenters. The Labute approximate surface area is 98.8 Å². The largest absolute Gasteiger partial charge is 0.324 e. The maximum atomic E-state index is 6.07. The Morgan fingerprint density at radius 3 is 2.13 bits per heavy atom. The molecule has 1 nitrogen and oxygen atoms in total. The lowest BCUT2D eigenvalue weighted by Crippen LogP contribution is -2.10. The fourth-order valence-corrected chi connectivity index (χ4v) is 1.72. The Hall–Kier alpha value is -0.790. The molecule has 0 aliphatic carbocycles. The van der Waals surface area contributed by atoms with E-state index in [4.69, 9.17) is 5.73 Å². The lowest BCUT2D eigenvalue weighted by atomic mass is 9.98. The van der Waals surface area contributed by atoms with E-state index in [0.29, 0.717) is 0 Å². The van der Waals surface area contributed by atoms with E-state index >= 15 is 0 Å². The number of benzene rings is 1. The van der Waals surface area contributed by atoms with Gasteiger partial charge in [0.25, 0.3) is 0 Å². The third-order valence-electron chi connectivity index (χ3n) is 2.24. The van der Waals surface area contributed by atoms with Crippen LogP contribution in [-0.4, -0.2) is 0 Å². The first-order valence-electron chi connectivity index (χ1n) is 4.97. The van der Waals surface area contributed by atoms with Crippen molar-refractivity contribution in [2.75, 3.05) is 0 Å². The van der Waals surface area contributed by atoms with Crippen LogP contribution >= 0.6 is 12.4 Å². The number of halogens is 1. The predicted molar refractivity (Wildman–Crippen MR) is 69.5 cm³/mol. The van der Waals surface area contributed by atoms with Gasteiger partial charge < -0.3 is 5.73 Å². The van der Waals surface area contributed by atoms with Crippen LogP contribution in [0.3, 0.4) is 0 Å². The number of rotatable bonds is 3. The molecule has 0 fully saturated rings.